The predicted octanol–water partition coefficient (Wildman–Crippen LogP) is 5.65. The zero-order valence-electron chi connectivity index (χ0n) is 9.96. The van der Waals surface area contributed by atoms with Crippen LogP contribution in [0.2, 0.25) is 15.1 Å². The van der Waals surface area contributed by atoms with Gasteiger partial charge < -0.3 is 5.73 Å². The molecule has 0 spiro atoms. The first-order valence-electron chi connectivity index (χ1n) is 6.00. The van der Waals surface area contributed by atoms with Crippen LogP contribution in [0.3, 0.4) is 0 Å². The molecule has 1 aliphatic carbocycles. The van der Waals surface area contributed by atoms with Crippen LogP contribution in [0.4, 0.5) is 0 Å². The summed E-state index contributed by atoms with van der Waals surface area (Å²) in [6, 6.07) is 3.38. The highest BCUT2D eigenvalue weighted by Gasteiger charge is 2.26. The number of halogens is 4. The Labute approximate surface area is 129 Å². The second-order valence-electron chi connectivity index (χ2n) is 4.68. The summed E-state index contributed by atoms with van der Waals surface area (Å²) in [7, 11) is 0. The molecule has 0 saturated heterocycles. The van der Waals surface area contributed by atoms with Gasteiger partial charge in [-0.3, -0.25) is 0 Å². The summed E-state index contributed by atoms with van der Waals surface area (Å²) >= 11 is 18.4. The van der Waals surface area contributed by atoms with E-state index in [1.165, 1.54) is 19.3 Å². The molecule has 1 nitrogen and oxygen atoms in total. The van der Waals surface area contributed by atoms with Crippen molar-refractivity contribution in [1.29, 1.82) is 0 Å². The predicted molar refractivity (Wildman–Crippen MR) is 82.2 cm³/mol. The lowest BCUT2D eigenvalue weighted by Gasteiger charge is -2.29. The van der Waals surface area contributed by atoms with Gasteiger partial charge in [-0.15, -0.1) is 12.4 Å². The highest BCUT2D eigenvalue weighted by molar-refractivity contribution is 6.44. The Balaban J connectivity index is 0.00000162. The maximum atomic E-state index is 6.31. The summed E-state index contributed by atoms with van der Waals surface area (Å²) in [6.07, 6.45) is 6.10. The monoisotopic (exact) mass is 327 g/mol. The van der Waals surface area contributed by atoms with Crippen LogP contribution >= 0.6 is 47.2 Å². The van der Waals surface area contributed by atoms with Gasteiger partial charge in [0.05, 0.1) is 10.0 Å². The standard InChI is InChI=1S/C13H16Cl3N.ClH/c14-9-6-7-10(15)12(16)11(9)13(17)8-4-2-1-3-5-8;/h6-8,13H,1-5,17H2;1H/t13-;/m0./s1. The molecule has 5 heteroatoms. The van der Waals surface area contributed by atoms with Gasteiger partial charge in [0.2, 0.25) is 0 Å². The summed E-state index contributed by atoms with van der Waals surface area (Å²) in [5, 5.41) is 1.66. The molecule has 0 aliphatic heterocycles. The Hall–Kier alpha value is 0.340. The van der Waals surface area contributed by atoms with E-state index in [0.29, 0.717) is 21.0 Å². The second-order valence-corrected chi connectivity index (χ2v) is 5.87. The molecule has 18 heavy (non-hydrogen) atoms. The molecule has 2 rings (SSSR count). The van der Waals surface area contributed by atoms with Crippen molar-refractivity contribution in [2.75, 3.05) is 0 Å². The summed E-state index contributed by atoms with van der Waals surface area (Å²) in [4.78, 5) is 0. The lowest BCUT2D eigenvalue weighted by atomic mass is 9.81. The Morgan fingerprint density at radius 3 is 2.17 bits per heavy atom. The van der Waals surface area contributed by atoms with Crippen LogP contribution in [-0.2, 0) is 0 Å². The van der Waals surface area contributed by atoms with Gasteiger partial charge in [-0.05, 0) is 30.9 Å². The number of hydrogen-bond donors (Lipinski definition) is 1. The van der Waals surface area contributed by atoms with Gasteiger partial charge >= 0.3 is 0 Å². The molecule has 1 aromatic carbocycles. The molecule has 2 N–H and O–H groups in total. The van der Waals surface area contributed by atoms with Crippen molar-refractivity contribution in [3.05, 3.63) is 32.8 Å². The smallest absolute Gasteiger partial charge is 0.0655 e. The van der Waals surface area contributed by atoms with E-state index in [0.717, 1.165) is 18.4 Å². The zero-order valence-corrected chi connectivity index (χ0v) is 13.0. The molecule has 0 aromatic heterocycles. The van der Waals surface area contributed by atoms with E-state index in [9.17, 15) is 0 Å². The van der Waals surface area contributed by atoms with E-state index in [4.69, 9.17) is 40.5 Å². The third-order valence-corrected chi connectivity index (χ3v) is 4.72. The summed E-state index contributed by atoms with van der Waals surface area (Å²) in [5.41, 5.74) is 7.13. The third kappa shape index (κ3) is 3.46. The van der Waals surface area contributed by atoms with Gasteiger partial charge in [0.1, 0.15) is 0 Å². The minimum atomic E-state index is -0.103. The van der Waals surface area contributed by atoms with Crippen molar-refractivity contribution in [2.24, 2.45) is 11.7 Å². The summed E-state index contributed by atoms with van der Waals surface area (Å²) in [6.45, 7) is 0. The fraction of sp³-hybridized carbons (Fsp3) is 0.538. The quantitative estimate of drug-likeness (QED) is 0.697. The Kier molecular flexibility index (Phi) is 6.57. The SMILES string of the molecule is Cl.N[C@H](c1c(Cl)ccc(Cl)c1Cl)C1CCCCC1. The van der Waals surface area contributed by atoms with Gasteiger partial charge in [-0.25, -0.2) is 0 Å². The van der Waals surface area contributed by atoms with Crippen molar-refractivity contribution in [3.63, 3.8) is 0 Å². The second kappa shape index (κ2) is 7.21. The first-order chi connectivity index (χ1) is 8.11. The maximum Gasteiger partial charge on any atom is 0.0655 e. The molecule has 0 amide bonds. The lowest BCUT2D eigenvalue weighted by molar-refractivity contribution is 0.308. The normalized spacial score (nSPS) is 18.2. The van der Waals surface area contributed by atoms with Crippen molar-refractivity contribution < 1.29 is 0 Å². The van der Waals surface area contributed by atoms with Gasteiger partial charge in [-0.1, -0.05) is 54.1 Å². The van der Waals surface area contributed by atoms with E-state index >= 15 is 0 Å². The van der Waals surface area contributed by atoms with Gasteiger partial charge in [0.15, 0.2) is 0 Å². The molecule has 0 heterocycles. The summed E-state index contributed by atoms with van der Waals surface area (Å²) < 4.78 is 0. The van der Waals surface area contributed by atoms with Crippen LogP contribution in [-0.4, -0.2) is 0 Å². The summed E-state index contributed by atoms with van der Waals surface area (Å²) in [5.74, 6) is 0.470. The average Bonchev–Trinajstić information content (AvgIpc) is 2.35. The van der Waals surface area contributed by atoms with Crippen LogP contribution in [0.5, 0.6) is 0 Å². The Morgan fingerprint density at radius 2 is 1.56 bits per heavy atom. The number of rotatable bonds is 2. The molecule has 0 bridgehead atoms. The van der Waals surface area contributed by atoms with Crippen LogP contribution in [0, 0.1) is 5.92 Å². The van der Waals surface area contributed by atoms with Crippen molar-refractivity contribution in [2.45, 2.75) is 38.1 Å². The topological polar surface area (TPSA) is 26.0 Å². The molecule has 1 saturated carbocycles. The zero-order chi connectivity index (χ0) is 12.4. The number of nitrogens with two attached hydrogens (primary N) is 1. The van der Waals surface area contributed by atoms with Gasteiger partial charge in [0.25, 0.3) is 0 Å². The molecule has 102 valence electrons. The molecule has 1 aromatic rings. The number of benzene rings is 1. The number of hydrogen-bond acceptors (Lipinski definition) is 1. The molecule has 0 radical (unpaired) electrons. The highest BCUT2D eigenvalue weighted by atomic mass is 35.5. The molecule has 1 atom stereocenters. The van der Waals surface area contributed by atoms with E-state index in [-0.39, 0.29) is 18.4 Å². The average molecular weight is 329 g/mol. The molecule has 0 unspecified atom stereocenters. The lowest BCUT2D eigenvalue weighted by Crippen LogP contribution is -2.24. The molecule has 1 aliphatic rings. The highest BCUT2D eigenvalue weighted by Crippen LogP contribution is 2.41. The molecular formula is C13H17Cl4N. The van der Waals surface area contributed by atoms with Crippen LogP contribution in [0.25, 0.3) is 0 Å². The van der Waals surface area contributed by atoms with E-state index in [1.807, 2.05) is 0 Å². The maximum absolute atomic E-state index is 6.31. The van der Waals surface area contributed by atoms with Crippen molar-refractivity contribution >= 4 is 47.2 Å². The van der Waals surface area contributed by atoms with Crippen LogP contribution in [0.15, 0.2) is 12.1 Å². The third-order valence-electron chi connectivity index (χ3n) is 3.57. The Bertz CT molecular complexity index is 402. The Morgan fingerprint density at radius 1 is 1.00 bits per heavy atom. The van der Waals surface area contributed by atoms with Crippen molar-refractivity contribution in [1.82, 2.24) is 0 Å². The first kappa shape index (κ1) is 16.4. The largest absolute Gasteiger partial charge is 0.324 e. The molecular weight excluding hydrogens is 312 g/mol. The van der Waals surface area contributed by atoms with Gasteiger partial charge in [0, 0.05) is 16.6 Å². The molecule has 1 fully saturated rings. The van der Waals surface area contributed by atoms with Crippen LogP contribution in [0.1, 0.15) is 43.7 Å². The minimum Gasteiger partial charge on any atom is -0.324 e. The fourth-order valence-electron chi connectivity index (χ4n) is 2.58. The minimum absolute atomic E-state index is 0. The van der Waals surface area contributed by atoms with Gasteiger partial charge in [-0.2, -0.15) is 0 Å². The van der Waals surface area contributed by atoms with Crippen molar-refractivity contribution in [3.8, 4) is 0 Å². The van der Waals surface area contributed by atoms with E-state index in [1.54, 1.807) is 12.1 Å². The fourth-order valence-corrected chi connectivity index (χ4v) is 3.36. The van der Waals surface area contributed by atoms with E-state index in [2.05, 4.69) is 0 Å². The first-order valence-corrected chi connectivity index (χ1v) is 7.13. The van der Waals surface area contributed by atoms with Crippen LogP contribution < -0.4 is 5.73 Å². The van der Waals surface area contributed by atoms with E-state index < -0.39 is 0 Å².